The molecule has 156 valence electrons. The minimum atomic E-state index is -0.208. The summed E-state index contributed by atoms with van der Waals surface area (Å²) in [6.07, 6.45) is 1.62. The Morgan fingerprint density at radius 3 is 2.50 bits per heavy atom. The van der Waals surface area contributed by atoms with Crippen molar-refractivity contribution < 1.29 is 4.79 Å². The topological polar surface area (TPSA) is 75.4 Å². The molecule has 0 radical (unpaired) electrons. The van der Waals surface area contributed by atoms with Gasteiger partial charge in [-0.3, -0.25) is 4.79 Å². The Morgan fingerprint density at radius 2 is 1.87 bits per heavy atom. The van der Waals surface area contributed by atoms with Gasteiger partial charge < -0.3 is 9.47 Å². The van der Waals surface area contributed by atoms with Gasteiger partial charge in [-0.15, -0.1) is 10.2 Å². The molecule has 0 unspecified atom stereocenters. The van der Waals surface area contributed by atoms with Gasteiger partial charge in [-0.05, 0) is 48.9 Å². The number of benzene rings is 2. The molecule has 2 aromatic carbocycles. The van der Waals surface area contributed by atoms with Gasteiger partial charge in [-0.2, -0.15) is 5.10 Å². The fourth-order valence-electron chi connectivity index (χ4n) is 2.69. The lowest BCUT2D eigenvalue weighted by molar-refractivity contribution is -0.118. The van der Waals surface area contributed by atoms with E-state index in [1.807, 2.05) is 79.0 Å². The summed E-state index contributed by atoms with van der Waals surface area (Å²) >= 11 is 7.28. The molecule has 0 fully saturated rings. The number of nitrogens with one attached hydrogen (secondary N) is 1. The number of hydrogen-bond donors (Lipinski definition) is 1. The van der Waals surface area contributed by atoms with E-state index in [1.54, 1.807) is 6.21 Å². The molecule has 3 aromatic rings. The third kappa shape index (κ3) is 5.61. The zero-order valence-corrected chi connectivity index (χ0v) is 18.6. The predicted molar refractivity (Wildman–Crippen MR) is 123 cm³/mol. The lowest BCUT2D eigenvalue weighted by Gasteiger charge is -2.11. The van der Waals surface area contributed by atoms with E-state index in [0.717, 1.165) is 22.6 Å². The zero-order valence-electron chi connectivity index (χ0n) is 17.0. The number of carbonyl (C=O) groups is 1. The maximum absolute atomic E-state index is 12.1. The molecule has 0 saturated heterocycles. The number of thioether (sulfide) groups is 1. The Labute approximate surface area is 185 Å². The summed E-state index contributed by atoms with van der Waals surface area (Å²) in [7, 11) is 3.97. The highest BCUT2D eigenvalue weighted by Crippen LogP contribution is 2.25. The van der Waals surface area contributed by atoms with E-state index in [9.17, 15) is 4.79 Å². The standard InChI is InChI=1S/C21H23ClN6OS/c1-4-28-20(16-7-9-17(22)10-8-16)25-26-21(28)30-14-19(29)24-23-13-15-5-11-18(12-6-15)27(2)3/h5-13H,4,14H2,1-3H3,(H,24,29)/b23-13+. The van der Waals surface area contributed by atoms with Gasteiger partial charge in [0.25, 0.3) is 5.91 Å². The Balaban J connectivity index is 1.56. The second-order valence-corrected chi connectivity index (χ2v) is 8.00. The lowest BCUT2D eigenvalue weighted by atomic mass is 10.2. The number of anilines is 1. The van der Waals surface area contributed by atoms with E-state index < -0.39 is 0 Å². The SMILES string of the molecule is CCn1c(SCC(=O)N/N=C/c2ccc(N(C)C)cc2)nnc1-c1ccc(Cl)cc1. The summed E-state index contributed by atoms with van der Waals surface area (Å²) < 4.78 is 1.97. The summed E-state index contributed by atoms with van der Waals surface area (Å²) in [5.41, 5.74) is 5.49. The zero-order chi connectivity index (χ0) is 21.5. The van der Waals surface area contributed by atoms with E-state index in [2.05, 4.69) is 20.7 Å². The van der Waals surface area contributed by atoms with Crippen LogP contribution < -0.4 is 10.3 Å². The molecule has 7 nitrogen and oxygen atoms in total. The summed E-state index contributed by atoms with van der Waals surface area (Å²) in [5, 5.41) is 13.9. The molecule has 1 heterocycles. The monoisotopic (exact) mass is 442 g/mol. The summed E-state index contributed by atoms with van der Waals surface area (Å²) in [6.45, 7) is 2.70. The van der Waals surface area contributed by atoms with Crippen LogP contribution in [0.2, 0.25) is 5.02 Å². The van der Waals surface area contributed by atoms with Crippen LogP contribution in [0.3, 0.4) is 0 Å². The van der Waals surface area contributed by atoms with Crippen LogP contribution >= 0.6 is 23.4 Å². The highest BCUT2D eigenvalue weighted by Gasteiger charge is 2.14. The highest BCUT2D eigenvalue weighted by atomic mass is 35.5. The Hall–Kier alpha value is -2.84. The fraction of sp³-hybridized carbons (Fsp3) is 0.238. The van der Waals surface area contributed by atoms with E-state index in [0.29, 0.717) is 16.7 Å². The van der Waals surface area contributed by atoms with Gasteiger partial charge in [0, 0.05) is 36.9 Å². The average Bonchev–Trinajstić information content (AvgIpc) is 3.16. The Bertz CT molecular complexity index is 1010. The number of hydrogen-bond acceptors (Lipinski definition) is 6. The second-order valence-electron chi connectivity index (χ2n) is 6.63. The first-order chi connectivity index (χ1) is 14.5. The maximum atomic E-state index is 12.1. The molecule has 1 amide bonds. The van der Waals surface area contributed by atoms with Crippen molar-refractivity contribution in [2.75, 3.05) is 24.7 Å². The van der Waals surface area contributed by atoms with E-state index in [4.69, 9.17) is 11.6 Å². The van der Waals surface area contributed by atoms with Crippen LogP contribution in [-0.2, 0) is 11.3 Å². The molecular formula is C21H23ClN6OS. The van der Waals surface area contributed by atoms with E-state index in [1.165, 1.54) is 11.8 Å². The lowest BCUT2D eigenvalue weighted by Crippen LogP contribution is -2.20. The summed E-state index contributed by atoms with van der Waals surface area (Å²) in [6, 6.07) is 15.3. The first-order valence-corrected chi connectivity index (χ1v) is 10.8. The van der Waals surface area contributed by atoms with Crippen molar-refractivity contribution in [1.82, 2.24) is 20.2 Å². The van der Waals surface area contributed by atoms with Crippen molar-refractivity contribution in [1.29, 1.82) is 0 Å². The molecule has 30 heavy (non-hydrogen) atoms. The number of carbonyl (C=O) groups excluding carboxylic acids is 1. The van der Waals surface area contributed by atoms with Crippen molar-refractivity contribution in [2.45, 2.75) is 18.6 Å². The van der Waals surface area contributed by atoms with Crippen LogP contribution in [0.15, 0.2) is 58.8 Å². The van der Waals surface area contributed by atoms with Crippen LogP contribution in [0.4, 0.5) is 5.69 Å². The van der Waals surface area contributed by atoms with Crippen LogP contribution in [-0.4, -0.2) is 46.7 Å². The van der Waals surface area contributed by atoms with Crippen molar-refractivity contribution >= 4 is 41.2 Å². The van der Waals surface area contributed by atoms with Gasteiger partial charge in [0.1, 0.15) is 0 Å². The van der Waals surface area contributed by atoms with Gasteiger partial charge in [0.05, 0.1) is 12.0 Å². The molecule has 0 bridgehead atoms. The number of nitrogens with zero attached hydrogens (tertiary/aromatic N) is 5. The van der Waals surface area contributed by atoms with Crippen LogP contribution in [0.25, 0.3) is 11.4 Å². The third-order valence-corrected chi connectivity index (χ3v) is 5.50. The second kappa shape index (κ2) is 10.3. The van der Waals surface area contributed by atoms with Crippen LogP contribution in [0.1, 0.15) is 12.5 Å². The first-order valence-electron chi connectivity index (χ1n) is 9.39. The molecular weight excluding hydrogens is 420 g/mol. The molecule has 1 N–H and O–H groups in total. The maximum Gasteiger partial charge on any atom is 0.250 e. The molecule has 9 heteroatoms. The smallest absolute Gasteiger partial charge is 0.250 e. The van der Waals surface area contributed by atoms with Crippen molar-refractivity contribution in [2.24, 2.45) is 5.10 Å². The first kappa shape index (κ1) is 21.9. The van der Waals surface area contributed by atoms with Gasteiger partial charge in [0.2, 0.25) is 0 Å². The molecule has 1 aromatic heterocycles. The molecule has 0 aliphatic carbocycles. The number of rotatable bonds is 8. The molecule has 0 atom stereocenters. The molecule has 0 saturated carbocycles. The largest absolute Gasteiger partial charge is 0.378 e. The van der Waals surface area contributed by atoms with Crippen molar-refractivity contribution in [3.63, 3.8) is 0 Å². The highest BCUT2D eigenvalue weighted by molar-refractivity contribution is 7.99. The van der Waals surface area contributed by atoms with Crippen molar-refractivity contribution in [3.8, 4) is 11.4 Å². The van der Waals surface area contributed by atoms with Crippen LogP contribution in [0.5, 0.6) is 0 Å². The van der Waals surface area contributed by atoms with E-state index >= 15 is 0 Å². The minimum Gasteiger partial charge on any atom is -0.378 e. The minimum absolute atomic E-state index is 0.190. The number of amides is 1. The van der Waals surface area contributed by atoms with Gasteiger partial charge >= 0.3 is 0 Å². The summed E-state index contributed by atoms with van der Waals surface area (Å²) in [4.78, 5) is 14.2. The number of aromatic nitrogens is 3. The van der Waals surface area contributed by atoms with Crippen LogP contribution in [0, 0.1) is 0 Å². The Morgan fingerprint density at radius 1 is 1.17 bits per heavy atom. The molecule has 3 rings (SSSR count). The van der Waals surface area contributed by atoms with E-state index in [-0.39, 0.29) is 11.7 Å². The third-order valence-electron chi connectivity index (χ3n) is 4.28. The van der Waals surface area contributed by atoms with Gasteiger partial charge in [-0.25, -0.2) is 5.43 Å². The van der Waals surface area contributed by atoms with Gasteiger partial charge in [-0.1, -0.05) is 35.5 Å². The fourth-order valence-corrected chi connectivity index (χ4v) is 3.61. The quantitative estimate of drug-likeness (QED) is 0.325. The molecule has 0 spiro atoms. The van der Waals surface area contributed by atoms with Gasteiger partial charge in [0.15, 0.2) is 11.0 Å². The molecule has 0 aliphatic heterocycles. The average molecular weight is 443 g/mol. The summed E-state index contributed by atoms with van der Waals surface area (Å²) in [5.74, 6) is 0.728. The predicted octanol–water partition coefficient (Wildman–Crippen LogP) is 3.93. The van der Waals surface area contributed by atoms with Crippen molar-refractivity contribution in [3.05, 3.63) is 59.1 Å². The number of halogens is 1. The normalized spacial score (nSPS) is 11.1. The number of hydrazone groups is 1. The Kier molecular flexibility index (Phi) is 7.48. The molecule has 0 aliphatic rings.